The number of benzene rings is 1. The van der Waals surface area contributed by atoms with Crippen molar-refractivity contribution in [1.29, 1.82) is 0 Å². The summed E-state index contributed by atoms with van der Waals surface area (Å²) in [6.07, 6.45) is 2.54. The van der Waals surface area contributed by atoms with Crippen molar-refractivity contribution in [3.8, 4) is 5.75 Å². The molecule has 21 heavy (non-hydrogen) atoms. The highest BCUT2D eigenvalue weighted by Crippen LogP contribution is 2.25. The number of likely N-dealkylation sites (N-methyl/N-ethyl adjacent to an activating group) is 1. The van der Waals surface area contributed by atoms with E-state index in [2.05, 4.69) is 36.3 Å². The van der Waals surface area contributed by atoms with Gasteiger partial charge in [0.2, 0.25) is 0 Å². The number of nitrogen functional groups attached to an aromatic ring is 1. The van der Waals surface area contributed by atoms with E-state index in [-0.39, 0.29) is 6.04 Å². The zero-order valence-electron chi connectivity index (χ0n) is 12.9. The van der Waals surface area contributed by atoms with Crippen molar-refractivity contribution in [1.82, 2.24) is 10.3 Å². The van der Waals surface area contributed by atoms with Gasteiger partial charge in [-0.1, -0.05) is 25.1 Å². The first kappa shape index (κ1) is 15.3. The number of hydrogen-bond donors (Lipinski definition) is 2. The third kappa shape index (κ3) is 3.73. The average Bonchev–Trinajstić information content (AvgIpc) is 2.49. The van der Waals surface area contributed by atoms with Crippen LogP contribution in [0.25, 0.3) is 0 Å². The van der Waals surface area contributed by atoms with Gasteiger partial charge in [0.25, 0.3) is 0 Å². The highest BCUT2D eigenvalue weighted by Gasteiger charge is 2.14. The molecule has 0 radical (unpaired) electrons. The standard InChI is InChI=1S/C17H23N3O/c1-4-19-15(11-14-6-5-9-20-17(14)18)13-7-8-16(21-3)12(2)10-13/h5-10,15,19H,4,11H2,1-3H3,(H2,18,20). The van der Waals surface area contributed by atoms with Crippen LogP contribution in [0.15, 0.2) is 36.5 Å². The van der Waals surface area contributed by atoms with Crippen LogP contribution in [0.2, 0.25) is 0 Å². The zero-order valence-corrected chi connectivity index (χ0v) is 12.9. The van der Waals surface area contributed by atoms with Gasteiger partial charge in [0.1, 0.15) is 11.6 Å². The molecular formula is C17H23N3O. The van der Waals surface area contributed by atoms with Gasteiger partial charge < -0.3 is 15.8 Å². The molecule has 1 aromatic heterocycles. The number of nitrogens with zero attached hydrogens (tertiary/aromatic N) is 1. The van der Waals surface area contributed by atoms with Crippen LogP contribution in [0.5, 0.6) is 5.75 Å². The molecule has 112 valence electrons. The highest BCUT2D eigenvalue weighted by atomic mass is 16.5. The van der Waals surface area contributed by atoms with Gasteiger partial charge in [-0.15, -0.1) is 0 Å². The molecule has 0 bridgehead atoms. The second-order valence-electron chi connectivity index (χ2n) is 5.09. The van der Waals surface area contributed by atoms with Gasteiger partial charge in [-0.05, 0) is 48.7 Å². The maximum atomic E-state index is 5.96. The van der Waals surface area contributed by atoms with Crippen molar-refractivity contribution in [2.75, 3.05) is 19.4 Å². The van der Waals surface area contributed by atoms with E-state index in [0.717, 1.165) is 29.8 Å². The fourth-order valence-corrected chi connectivity index (χ4v) is 2.52. The molecule has 0 amide bonds. The van der Waals surface area contributed by atoms with E-state index in [1.165, 1.54) is 5.56 Å². The molecule has 0 aliphatic rings. The highest BCUT2D eigenvalue weighted by molar-refractivity contribution is 5.41. The van der Waals surface area contributed by atoms with Gasteiger partial charge in [-0.3, -0.25) is 0 Å². The maximum absolute atomic E-state index is 5.96. The summed E-state index contributed by atoms with van der Waals surface area (Å²) in [7, 11) is 1.69. The number of methoxy groups -OCH3 is 1. The fourth-order valence-electron chi connectivity index (χ4n) is 2.52. The fraction of sp³-hybridized carbons (Fsp3) is 0.353. The van der Waals surface area contributed by atoms with Crippen LogP contribution >= 0.6 is 0 Å². The van der Waals surface area contributed by atoms with Crippen LogP contribution in [0, 0.1) is 6.92 Å². The minimum atomic E-state index is 0.214. The first-order chi connectivity index (χ1) is 10.2. The largest absolute Gasteiger partial charge is 0.496 e. The first-order valence-electron chi connectivity index (χ1n) is 7.23. The third-order valence-electron chi connectivity index (χ3n) is 3.62. The van der Waals surface area contributed by atoms with Crippen LogP contribution in [0.4, 0.5) is 5.82 Å². The predicted octanol–water partition coefficient (Wildman–Crippen LogP) is 2.87. The van der Waals surface area contributed by atoms with Crippen LogP contribution < -0.4 is 15.8 Å². The monoisotopic (exact) mass is 285 g/mol. The van der Waals surface area contributed by atoms with Crippen molar-refractivity contribution in [3.05, 3.63) is 53.2 Å². The lowest BCUT2D eigenvalue weighted by Gasteiger charge is -2.20. The summed E-state index contributed by atoms with van der Waals surface area (Å²) in [6, 6.07) is 10.5. The van der Waals surface area contributed by atoms with Crippen LogP contribution in [0.1, 0.15) is 29.7 Å². The quantitative estimate of drug-likeness (QED) is 0.857. The van der Waals surface area contributed by atoms with E-state index in [9.17, 15) is 0 Å². The summed E-state index contributed by atoms with van der Waals surface area (Å²) in [4.78, 5) is 4.16. The molecule has 2 rings (SSSR count). The van der Waals surface area contributed by atoms with Crippen molar-refractivity contribution in [2.45, 2.75) is 26.3 Å². The van der Waals surface area contributed by atoms with E-state index in [1.54, 1.807) is 13.3 Å². The lowest BCUT2D eigenvalue weighted by Crippen LogP contribution is -2.23. The molecule has 1 atom stereocenters. The van der Waals surface area contributed by atoms with Gasteiger partial charge in [0.15, 0.2) is 0 Å². The summed E-state index contributed by atoms with van der Waals surface area (Å²) in [5, 5.41) is 3.52. The number of aromatic nitrogens is 1. The molecule has 0 aliphatic carbocycles. The molecule has 0 fully saturated rings. The molecule has 2 aromatic rings. The molecule has 1 unspecified atom stereocenters. The Morgan fingerprint density at radius 3 is 2.76 bits per heavy atom. The number of hydrogen-bond acceptors (Lipinski definition) is 4. The van der Waals surface area contributed by atoms with E-state index in [1.807, 2.05) is 18.2 Å². The van der Waals surface area contributed by atoms with Gasteiger partial charge in [-0.25, -0.2) is 4.98 Å². The van der Waals surface area contributed by atoms with Crippen molar-refractivity contribution in [2.24, 2.45) is 0 Å². The SMILES string of the molecule is CCNC(Cc1cccnc1N)c1ccc(OC)c(C)c1. The molecule has 0 saturated heterocycles. The van der Waals surface area contributed by atoms with E-state index in [0.29, 0.717) is 5.82 Å². The molecule has 0 saturated carbocycles. The first-order valence-corrected chi connectivity index (χ1v) is 7.23. The summed E-state index contributed by atoms with van der Waals surface area (Å²) < 4.78 is 5.33. The minimum Gasteiger partial charge on any atom is -0.496 e. The van der Waals surface area contributed by atoms with Gasteiger partial charge in [0.05, 0.1) is 7.11 Å². The number of rotatable bonds is 6. The molecule has 0 spiro atoms. The molecule has 4 nitrogen and oxygen atoms in total. The number of ether oxygens (including phenoxy) is 1. The second-order valence-corrected chi connectivity index (χ2v) is 5.09. The zero-order chi connectivity index (χ0) is 15.2. The Hall–Kier alpha value is -2.07. The number of aryl methyl sites for hydroxylation is 1. The summed E-state index contributed by atoms with van der Waals surface area (Å²) in [6.45, 7) is 5.07. The number of pyridine rings is 1. The van der Waals surface area contributed by atoms with Crippen molar-refractivity contribution in [3.63, 3.8) is 0 Å². The van der Waals surface area contributed by atoms with Gasteiger partial charge in [0, 0.05) is 12.2 Å². The van der Waals surface area contributed by atoms with Crippen molar-refractivity contribution >= 4 is 5.82 Å². The molecule has 4 heteroatoms. The predicted molar refractivity (Wildman–Crippen MR) is 86.5 cm³/mol. The van der Waals surface area contributed by atoms with Crippen LogP contribution in [-0.4, -0.2) is 18.6 Å². The van der Waals surface area contributed by atoms with Gasteiger partial charge >= 0.3 is 0 Å². The Morgan fingerprint density at radius 1 is 1.33 bits per heavy atom. The van der Waals surface area contributed by atoms with Crippen LogP contribution in [-0.2, 0) is 6.42 Å². The minimum absolute atomic E-state index is 0.214. The molecule has 0 aliphatic heterocycles. The Balaban J connectivity index is 2.26. The Bertz CT molecular complexity index is 598. The normalized spacial score (nSPS) is 12.1. The van der Waals surface area contributed by atoms with E-state index in [4.69, 9.17) is 10.5 Å². The molecule has 1 heterocycles. The number of anilines is 1. The Labute approximate surface area is 126 Å². The smallest absolute Gasteiger partial charge is 0.126 e. The summed E-state index contributed by atoms with van der Waals surface area (Å²) in [5.41, 5.74) is 9.40. The second kappa shape index (κ2) is 7.09. The molecular weight excluding hydrogens is 262 g/mol. The molecule has 3 N–H and O–H groups in total. The lowest BCUT2D eigenvalue weighted by molar-refractivity contribution is 0.411. The maximum Gasteiger partial charge on any atom is 0.126 e. The number of nitrogens with one attached hydrogen (secondary N) is 1. The lowest BCUT2D eigenvalue weighted by atomic mass is 9.97. The van der Waals surface area contributed by atoms with E-state index < -0.39 is 0 Å². The van der Waals surface area contributed by atoms with Crippen molar-refractivity contribution < 1.29 is 4.74 Å². The number of nitrogens with two attached hydrogens (primary N) is 1. The summed E-state index contributed by atoms with van der Waals surface area (Å²) in [5.74, 6) is 1.51. The molecule has 1 aromatic carbocycles. The van der Waals surface area contributed by atoms with Crippen LogP contribution in [0.3, 0.4) is 0 Å². The summed E-state index contributed by atoms with van der Waals surface area (Å²) >= 11 is 0. The Morgan fingerprint density at radius 2 is 2.14 bits per heavy atom. The van der Waals surface area contributed by atoms with E-state index >= 15 is 0 Å². The third-order valence-corrected chi connectivity index (χ3v) is 3.62. The van der Waals surface area contributed by atoms with Gasteiger partial charge in [-0.2, -0.15) is 0 Å². The topological polar surface area (TPSA) is 60.2 Å². The Kier molecular flexibility index (Phi) is 5.17. The average molecular weight is 285 g/mol.